The molecule has 0 atom stereocenters. The molecule has 4 aromatic rings. The number of rotatable bonds is 6. The van der Waals surface area contributed by atoms with Crippen LogP contribution in [0.5, 0.6) is 0 Å². The van der Waals surface area contributed by atoms with Crippen LogP contribution in [0.2, 0.25) is 0 Å². The summed E-state index contributed by atoms with van der Waals surface area (Å²) in [5.41, 5.74) is 2.59. The fourth-order valence-corrected chi connectivity index (χ4v) is 4.80. The number of nitrogens with zero attached hydrogens (tertiary/aromatic N) is 2. The van der Waals surface area contributed by atoms with Crippen molar-refractivity contribution in [2.75, 3.05) is 6.26 Å². The number of hydrogen-bond donors (Lipinski definition) is 0. The maximum Gasteiger partial charge on any atom is 0.263 e. The van der Waals surface area contributed by atoms with Gasteiger partial charge in [0.1, 0.15) is 4.83 Å². The fourth-order valence-electron chi connectivity index (χ4n) is 3.23. The minimum atomic E-state index is -0.149. The minimum Gasteiger partial charge on any atom is -0.292 e. The normalized spacial score (nSPS) is 11.1. The molecule has 0 saturated heterocycles. The van der Waals surface area contributed by atoms with Gasteiger partial charge in [-0.1, -0.05) is 73.3 Å². The molecule has 0 fully saturated rings. The zero-order valence-electron chi connectivity index (χ0n) is 16.2. The summed E-state index contributed by atoms with van der Waals surface area (Å²) >= 11 is 2.93. The number of hydrogen-bond acceptors (Lipinski definition) is 5. The summed E-state index contributed by atoms with van der Waals surface area (Å²) in [5.74, 6) is -0.103. The first kappa shape index (κ1) is 19.6. The quantitative estimate of drug-likeness (QED) is 0.242. The number of thioether (sulfide) groups is 1. The van der Waals surface area contributed by atoms with Crippen LogP contribution in [-0.4, -0.2) is 21.6 Å². The Morgan fingerprint density at radius 2 is 1.76 bits per heavy atom. The molecule has 0 unspecified atom stereocenters. The van der Waals surface area contributed by atoms with Gasteiger partial charge < -0.3 is 0 Å². The van der Waals surface area contributed by atoms with E-state index in [2.05, 4.69) is 11.9 Å². The lowest BCUT2D eigenvalue weighted by molar-refractivity contribution is 0.0967. The molecule has 0 aliphatic rings. The second kappa shape index (κ2) is 8.35. The number of aromatic nitrogens is 2. The molecule has 4 nitrogen and oxygen atoms in total. The maximum absolute atomic E-state index is 13.0. The number of carbonyl (C=O) groups is 1. The largest absolute Gasteiger partial charge is 0.292 e. The van der Waals surface area contributed by atoms with Gasteiger partial charge in [-0.3, -0.25) is 14.2 Å². The predicted molar refractivity (Wildman–Crippen MR) is 121 cm³/mol. The van der Waals surface area contributed by atoms with Crippen LogP contribution in [-0.2, 0) is 13.0 Å². The summed E-state index contributed by atoms with van der Waals surface area (Å²) in [4.78, 5) is 32.4. The zero-order valence-corrected chi connectivity index (χ0v) is 17.8. The summed E-state index contributed by atoms with van der Waals surface area (Å²) in [6.07, 6.45) is 2.74. The van der Waals surface area contributed by atoms with Crippen molar-refractivity contribution in [1.29, 1.82) is 0 Å². The zero-order chi connectivity index (χ0) is 20.4. The van der Waals surface area contributed by atoms with Crippen molar-refractivity contribution in [3.8, 4) is 11.1 Å². The average Bonchev–Trinajstić information content (AvgIpc) is 3.20. The van der Waals surface area contributed by atoms with Crippen molar-refractivity contribution in [2.45, 2.75) is 25.0 Å². The molecule has 0 aliphatic heterocycles. The van der Waals surface area contributed by atoms with E-state index in [0.717, 1.165) is 27.3 Å². The molecule has 0 bridgehead atoms. The van der Waals surface area contributed by atoms with Crippen molar-refractivity contribution < 1.29 is 4.79 Å². The highest BCUT2D eigenvalue weighted by Gasteiger charge is 2.16. The van der Waals surface area contributed by atoms with Crippen LogP contribution in [0.4, 0.5) is 0 Å². The van der Waals surface area contributed by atoms with Crippen LogP contribution < -0.4 is 5.56 Å². The highest BCUT2D eigenvalue weighted by molar-refractivity contribution is 7.98. The van der Waals surface area contributed by atoms with E-state index in [4.69, 9.17) is 0 Å². The third kappa shape index (κ3) is 3.91. The van der Waals surface area contributed by atoms with E-state index >= 15 is 0 Å². The molecular weight excluding hydrogens is 400 g/mol. The lowest BCUT2D eigenvalue weighted by Crippen LogP contribution is -2.26. The van der Waals surface area contributed by atoms with Crippen molar-refractivity contribution in [3.05, 3.63) is 81.5 Å². The molecule has 2 aromatic carbocycles. The first-order valence-corrected chi connectivity index (χ1v) is 11.4. The fraction of sp³-hybridized carbons (Fsp3) is 0.174. The number of benzene rings is 2. The van der Waals surface area contributed by atoms with E-state index in [1.807, 2.05) is 66.9 Å². The Labute approximate surface area is 177 Å². The van der Waals surface area contributed by atoms with E-state index < -0.39 is 0 Å². The van der Waals surface area contributed by atoms with Gasteiger partial charge in [0, 0.05) is 10.4 Å². The summed E-state index contributed by atoms with van der Waals surface area (Å²) in [5, 5.41) is 1.16. The average molecular weight is 421 g/mol. The van der Waals surface area contributed by atoms with Gasteiger partial charge in [-0.05, 0) is 29.9 Å². The minimum absolute atomic E-state index is 0.0140. The van der Waals surface area contributed by atoms with Crippen LogP contribution in [0, 0.1) is 0 Å². The van der Waals surface area contributed by atoms with Crippen molar-refractivity contribution in [3.63, 3.8) is 0 Å². The Hall–Kier alpha value is -2.70. The van der Waals surface area contributed by atoms with E-state index in [1.165, 1.54) is 16.3 Å². The van der Waals surface area contributed by atoms with Crippen LogP contribution in [0.15, 0.2) is 70.6 Å². The molecule has 2 aromatic heterocycles. The maximum atomic E-state index is 13.0. The van der Waals surface area contributed by atoms with E-state index in [1.54, 1.807) is 11.3 Å². The highest BCUT2D eigenvalue weighted by atomic mass is 32.2. The molecule has 0 spiro atoms. The van der Waals surface area contributed by atoms with E-state index in [0.29, 0.717) is 16.1 Å². The Bertz CT molecular complexity index is 1230. The van der Waals surface area contributed by atoms with Crippen LogP contribution in [0.1, 0.15) is 22.2 Å². The van der Waals surface area contributed by atoms with Gasteiger partial charge in [0.2, 0.25) is 0 Å². The monoisotopic (exact) mass is 420 g/mol. The molecule has 0 saturated carbocycles. The van der Waals surface area contributed by atoms with Crippen LogP contribution in [0.25, 0.3) is 21.3 Å². The van der Waals surface area contributed by atoms with Gasteiger partial charge in [0.25, 0.3) is 5.56 Å². The van der Waals surface area contributed by atoms with Gasteiger partial charge in [0.15, 0.2) is 10.9 Å². The Morgan fingerprint density at radius 1 is 1.07 bits per heavy atom. The number of carbonyl (C=O) groups excluding carboxylic acids is 1. The molecular formula is C23H20N2O2S2. The van der Waals surface area contributed by atoms with E-state index in [9.17, 15) is 9.59 Å². The van der Waals surface area contributed by atoms with Gasteiger partial charge in [-0.15, -0.1) is 11.3 Å². The summed E-state index contributed by atoms with van der Waals surface area (Å²) in [6.45, 7) is 2.04. The number of ketones is 1. The van der Waals surface area contributed by atoms with Gasteiger partial charge >= 0.3 is 0 Å². The van der Waals surface area contributed by atoms with Crippen LogP contribution >= 0.6 is 23.1 Å². The predicted octanol–water partition coefficient (Wildman–Crippen LogP) is 5.29. The first-order valence-electron chi connectivity index (χ1n) is 9.36. The molecule has 0 aliphatic carbocycles. The van der Waals surface area contributed by atoms with E-state index in [-0.39, 0.29) is 17.9 Å². The summed E-state index contributed by atoms with van der Waals surface area (Å²) < 4.78 is 1.49. The standard InChI is InChI=1S/C23H20N2O2S2/c1-3-18-13-19-21(29-18)24-23(28-2)25(22(19)27)14-20(26)17-11-9-16(10-12-17)15-7-5-4-6-8-15/h4-13H,3,14H2,1-2H3. The SMILES string of the molecule is CCc1cc2c(=O)n(CC(=O)c3ccc(-c4ccccc4)cc3)c(SC)nc2s1. The number of fused-ring (bicyclic) bond motifs is 1. The second-order valence-corrected chi connectivity index (χ2v) is 8.53. The topological polar surface area (TPSA) is 52.0 Å². The Kier molecular flexibility index (Phi) is 5.65. The summed E-state index contributed by atoms with van der Waals surface area (Å²) in [6, 6.07) is 19.4. The molecule has 6 heteroatoms. The lowest BCUT2D eigenvalue weighted by atomic mass is 10.0. The van der Waals surface area contributed by atoms with Crippen molar-refractivity contribution in [1.82, 2.24) is 9.55 Å². The number of Topliss-reactive ketones (excluding diaryl/α,β-unsaturated/α-hetero) is 1. The van der Waals surface area contributed by atoms with Crippen molar-refractivity contribution >= 4 is 39.1 Å². The second-order valence-electron chi connectivity index (χ2n) is 6.64. The smallest absolute Gasteiger partial charge is 0.263 e. The lowest BCUT2D eigenvalue weighted by Gasteiger charge is -2.10. The number of thiophene rings is 1. The highest BCUT2D eigenvalue weighted by Crippen LogP contribution is 2.25. The molecule has 4 rings (SSSR count). The van der Waals surface area contributed by atoms with Gasteiger partial charge in [0.05, 0.1) is 11.9 Å². The first-order chi connectivity index (χ1) is 14.1. The molecule has 2 heterocycles. The Balaban J connectivity index is 1.65. The van der Waals surface area contributed by atoms with Crippen LogP contribution in [0.3, 0.4) is 0 Å². The molecule has 29 heavy (non-hydrogen) atoms. The summed E-state index contributed by atoms with van der Waals surface area (Å²) in [7, 11) is 0. The molecule has 0 N–H and O–H groups in total. The third-order valence-corrected chi connectivity index (χ3v) is 6.66. The van der Waals surface area contributed by atoms with Gasteiger partial charge in [-0.25, -0.2) is 4.98 Å². The van der Waals surface area contributed by atoms with Crippen molar-refractivity contribution in [2.24, 2.45) is 0 Å². The molecule has 0 radical (unpaired) electrons. The van der Waals surface area contributed by atoms with Gasteiger partial charge in [-0.2, -0.15) is 0 Å². The number of aryl methyl sites for hydroxylation is 1. The molecule has 0 amide bonds. The molecule has 146 valence electrons. The third-order valence-electron chi connectivity index (χ3n) is 4.81. The Morgan fingerprint density at radius 3 is 2.41 bits per heavy atom.